The van der Waals surface area contributed by atoms with Gasteiger partial charge in [0, 0.05) is 26.4 Å². The highest BCUT2D eigenvalue weighted by atomic mass is 32.2. The van der Waals surface area contributed by atoms with Crippen LogP contribution in [-0.4, -0.2) is 97.7 Å². The van der Waals surface area contributed by atoms with Crippen LogP contribution < -0.4 is 0 Å². The molecule has 1 atom stereocenters. The zero-order valence-corrected chi connectivity index (χ0v) is 28.6. The van der Waals surface area contributed by atoms with Crippen molar-refractivity contribution in [3.8, 4) is 0 Å². The van der Waals surface area contributed by atoms with Crippen LogP contribution in [-0.2, 0) is 29.4 Å². The number of hydrogen-bond acceptors (Lipinski definition) is 7. The minimum atomic E-state index is -3.92. The van der Waals surface area contributed by atoms with Crippen LogP contribution >= 0.6 is 0 Å². The van der Waals surface area contributed by atoms with Crippen molar-refractivity contribution in [2.45, 2.75) is 129 Å². The molecule has 0 heterocycles. The predicted molar refractivity (Wildman–Crippen MR) is 168 cm³/mol. The SMILES string of the molecule is CCCCCCCCCCCCCCCCCCOCC(CCS(=O)(=O)CCC[N+](C)(C)C)OC.CS(=O)(=O)[O-]. The van der Waals surface area contributed by atoms with Gasteiger partial charge in [0.05, 0.1) is 62.0 Å². The lowest BCUT2D eigenvalue weighted by molar-refractivity contribution is -0.870. The second kappa shape index (κ2) is 26.4. The number of ether oxygens (including phenoxy) is 2. The monoisotopic (exact) mass is 615 g/mol. The highest BCUT2D eigenvalue weighted by Crippen LogP contribution is 2.14. The first-order valence-electron chi connectivity index (χ1n) is 15.7. The molecule has 0 saturated heterocycles. The second-order valence-corrected chi connectivity index (χ2v) is 16.0. The summed E-state index contributed by atoms with van der Waals surface area (Å²) >= 11 is 0. The molecule has 0 spiro atoms. The van der Waals surface area contributed by atoms with Gasteiger partial charge in [0.25, 0.3) is 0 Å². The molecule has 0 aliphatic carbocycles. The number of sulfone groups is 1. The van der Waals surface area contributed by atoms with E-state index in [9.17, 15) is 8.42 Å². The Morgan fingerprint density at radius 1 is 0.675 bits per heavy atom. The zero-order chi connectivity index (χ0) is 30.8. The minimum absolute atomic E-state index is 0.135. The molecule has 8 nitrogen and oxygen atoms in total. The van der Waals surface area contributed by atoms with Gasteiger partial charge in [0.1, 0.15) is 0 Å². The fraction of sp³-hybridized carbons (Fsp3) is 1.00. The first-order valence-corrected chi connectivity index (χ1v) is 19.4. The van der Waals surface area contributed by atoms with Crippen molar-refractivity contribution in [3.63, 3.8) is 0 Å². The van der Waals surface area contributed by atoms with E-state index >= 15 is 0 Å². The summed E-state index contributed by atoms with van der Waals surface area (Å²) in [6.45, 7) is 4.39. The van der Waals surface area contributed by atoms with Crippen LogP contribution in [0.15, 0.2) is 0 Å². The molecular formula is C30H65NO7S2. The Labute approximate surface area is 249 Å². The Bertz CT molecular complexity index is 743. The molecule has 0 fully saturated rings. The molecule has 1 unspecified atom stereocenters. The number of hydrogen-bond donors (Lipinski definition) is 0. The smallest absolute Gasteiger partial charge is 0.150 e. The normalized spacial score (nSPS) is 13.2. The fourth-order valence-corrected chi connectivity index (χ4v) is 5.80. The van der Waals surface area contributed by atoms with Gasteiger partial charge in [-0.25, -0.2) is 16.8 Å². The van der Waals surface area contributed by atoms with E-state index in [4.69, 9.17) is 22.4 Å². The van der Waals surface area contributed by atoms with Gasteiger partial charge in [-0.3, -0.25) is 0 Å². The lowest BCUT2D eigenvalue weighted by Crippen LogP contribution is -2.36. The Kier molecular flexibility index (Phi) is 27.6. The quantitative estimate of drug-likeness (QED) is 0.0602. The molecule has 0 saturated carbocycles. The molecular weight excluding hydrogens is 550 g/mol. The van der Waals surface area contributed by atoms with Crippen molar-refractivity contribution in [2.24, 2.45) is 0 Å². The lowest BCUT2D eigenvalue weighted by atomic mass is 10.0. The van der Waals surface area contributed by atoms with Crippen molar-refractivity contribution in [1.29, 1.82) is 0 Å². The highest BCUT2D eigenvalue weighted by molar-refractivity contribution is 7.91. The number of rotatable bonds is 27. The van der Waals surface area contributed by atoms with Crippen LogP contribution in [0.25, 0.3) is 0 Å². The summed E-state index contributed by atoms with van der Waals surface area (Å²) in [5, 5.41) is 0. The summed E-state index contributed by atoms with van der Waals surface area (Å²) in [7, 11) is 0.974. The average Bonchev–Trinajstić information content (AvgIpc) is 2.83. The maximum Gasteiger partial charge on any atom is 0.150 e. The van der Waals surface area contributed by atoms with Crippen LogP contribution in [0.2, 0.25) is 0 Å². The third-order valence-corrected chi connectivity index (χ3v) is 8.58. The molecule has 0 aromatic rings. The molecule has 0 aromatic carbocycles. The van der Waals surface area contributed by atoms with Crippen LogP contribution in [0.4, 0.5) is 0 Å². The number of quaternary nitrogens is 1. The van der Waals surface area contributed by atoms with Gasteiger partial charge in [-0.2, -0.15) is 0 Å². The van der Waals surface area contributed by atoms with Crippen molar-refractivity contribution < 1.29 is 35.3 Å². The molecule has 10 heteroatoms. The third kappa shape index (κ3) is 39.9. The van der Waals surface area contributed by atoms with E-state index in [1.165, 1.54) is 96.3 Å². The molecule has 0 aliphatic heterocycles. The molecule has 244 valence electrons. The minimum Gasteiger partial charge on any atom is -0.748 e. The van der Waals surface area contributed by atoms with Gasteiger partial charge in [0.2, 0.25) is 0 Å². The van der Waals surface area contributed by atoms with Crippen molar-refractivity contribution in [3.05, 3.63) is 0 Å². The molecule has 0 N–H and O–H groups in total. The van der Waals surface area contributed by atoms with Gasteiger partial charge in [-0.15, -0.1) is 0 Å². The fourth-order valence-electron chi connectivity index (χ4n) is 4.41. The van der Waals surface area contributed by atoms with Crippen molar-refractivity contribution >= 4 is 20.0 Å². The Balaban J connectivity index is 0. The summed E-state index contributed by atoms with van der Waals surface area (Å²) in [4.78, 5) is 0. The first-order chi connectivity index (χ1) is 18.7. The predicted octanol–water partition coefficient (Wildman–Crippen LogP) is 6.34. The number of unbranched alkanes of at least 4 members (excludes halogenated alkanes) is 15. The van der Waals surface area contributed by atoms with E-state index in [1.54, 1.807) is 7.11 Å². The summed E-state index contributed by atoms with van der Waals surface area (Å²) in [6, 6.07) is 0. The maximum atomic E-state index is 12.3. The van der Waals surface area contributed by atoms with Crippen molar-refractivity contribution in [2.75, 3.05) is 65.8 Å². The molecule has 0 bridgehead atoms. The number of nitrogens with zero attached hydrogens (tertiary/aromatic N) is 1. The van der Waals surface area contributed by atoms with Crippen molar-refractivity contribution in [1.82, 2.24) is 0 Å². The molecule has 0 aliphatic rings. The van der Waals surface area contributed by atoms with Crippen LogP contribution in [0.5, 0.6) is 0 Å². The topological polar surface area (TPSA) is 110 Å². The largest absolute Gasteiger partial charge is 0.748 e. The van der Waals surface area contributed by atoms with E-state index in [1.807, 2.05) is 0 Å². The standard InChI is InChI=1S/C29H62NO4S.CH4O3S/c1-6-7-8-9-10-11-12-13-14-15-16-17-18-19-20-21-25-34-28-29(33-5)23-27-35(31,32)26-22-24-30(2,3)4;1-5(2,3)4/h29H,6-28H2,1-5H3;1H3,(H,2,3,4)/q+1;/p-1. The van der Waals surface area contributed by atoms with Gasteiger partial charge < -0.3 is 18.5 Å². The number of methoxy groups -OCH3 is 1. The van der Waals surface area contributed by atoms with Gasteiger partial charge in [-0.05, 0) is 12.8 Å². The zero-order valence-electron chi connectivity index (χ0n) is 27.0. The van der Waals surface area contributed by atoms with E-state index in [0.717, 1.165) is 24.1 Å². The highest BCUT2D eigenvalue weighted by Gasteiger charge is 2.17. The van der Waals surface area contributed by atoms with Crippen LogP contribution in [0.3, 0.4) is 0 Å². The summed E-state index contributed by atoms with van der Waals surface area (Å²) in [5.74, 6) is 0.448. The summed E-state index contributed by atoms with van der Waals surface area (Å²) in [5.41, 5.74) is 0. The molecule has 0 aromatic heterocycles. The average molecular weight is 616 g/mol. The van der Waals surface area contributed by atoms with Gasteiger partial charge >= 0.3 is 0 Å². The van der Waals surface area contributed by atoms with Gasteiger partial charge in [0.15, 0.2) is 9.84 Å². The van der Waals surface area contributed by atoms with Crippen LogP contribution in [0.1, 0.15) is 122 Å². The Hall–Kier alpha value is -0.260. The molecule has 0 amide bonds. The summed E-state index contributed by atoms with van der Waals surface area (Å²) < 4.78 is 63.8. The Morgan fingerprint density at radius 2 is 1.07 bits per heavy atom. The van der Waals surface area contributed by atoms with Gasteiger partial charge in [-0.1, -0.05) is 103 Å². The molecule has 0 rings (SSSR count). The van der Waals surface area contributed by atoms with E-state index in [-0.39, 0.29) is 17.6 Å². The lowest BCUT2D eigenvalue weighted by Gasteiger charge is -2.23. The molecule has 40 heavy (non-hydrogen) atoms. The van der Waals surface area contributed by atoms with E-state index in [2.05, 4.69) is 28.1 Å². The third-order valence-electron chi connectivity index (χ3n) is 6.81. The summed E-state index contributed by atoms with van der Waals surface area (Å²) in [6.07, 6.45) is 23.6. The van der Waals surface area contributed by atoms with E-state index < -0.39 is 20.0 Å². The Morgan fingerprint density at radius 3 is 1.45 bits per heavy atom. The second-order valence-electron chi connectivity index (χ2n) is 12.2. The first kappa shape index (κ1) is 41.9. The van der Waals surface area contributed by atoms with E-state index in [0.29, 0.717) is 25.7 Å². The van der Waals surface area contributed by atoms with Crippen LogP contribution in [0, 0.1) is 0 Å². The maximum absolute atomic E-state index is 12.3. The molecule has 0 radical (unpaired) electrons.